The summed E-state index contributed by atoms with van der Waals surface area (Å²) in [5, 5.41) is 0. The molecule has 0 aromatic carbocycles. The first-order chi connectivity index (χ1) is 4.68. The molecule has 0 amide bonds. The van der Waals surface area contributed by atoms with E-state index in [4.69, 9.17) is 9.47 Å². The van der Waals surface area contributed by atoms with E-state index in [2.05, 4.69) is 0 Å². The molecule has 60 valence electrons. The van der Waals surface area contributed by atoms with Gasteiger partial charge in [-0.05, 0) is 13.8 Å². The third kappa shape index (κ3) is 2.99. The van der Waals surface area contributed by atoms with Crippen LogP contribution in [0.3, 0.4) is 0 Å². The molecule has 2 heteroatoms. The molecule has 0 aliphatic heterocycles. The van der Waals surface area contributed by atoms with Crippen molar-refractivity contribution in [3.63, 3.8) is 0 Å². The summed E-state index contributed by atoms with van der Waals surface area (Å²) in [4.78, 5) is 0. The Morgan fingerprint density at radius 3 is 2.10 bits per heavy atom. The van der Waals surface area contributed by atoms with Crippen LogP contribution in [0.5, 0.6) is 0 Å². The molecule has 0 saturated heterocycles. The highest BCUT2D eigenvalue weighted by molar-refractivity contribution is 4.82. The fraction of sp³-hybridized carbons (Fsp3) is 0.750. The fourth-order valence-corrected chi connectivity index (χ4v) is 0.582. The van der Waals surface area contributed by atoms with Gasteiger partial charge in [0.05, 0.1) is 0 Å². The van der Waals surface area contributed by atoms with Gasteiger partial charge < -0.3 is 9.47 Å². The quantitative estimate of drug-likeness (QED) is 0.443. The summed E-state index contributed by atoms with van der Waals surface area (Å²) in [6.45, 7) is 3.89. The molecule has 0 unspecified atom stereocenters. The fourth-order valence-electron chi connectivity index (χ4n) is 0.582. The van der Waals surface area contributed by atoms with Crippen LogP contribution < -0.4 is 0 Å². The first-order valence-electron chi connectivity index (χ1n) is 3.40. The van der Waals surface area contributed by atoms with Crippen molar-refractivity contribution in [2.45, 2.75) is 26.1 Å². The summed E-state index contributed by atoms with van der Waals surface area (Å²) in [7, 11) is 3.29. The molecule has 0 saturated carbocycles. The molecule has 10 heavy (non-hydrogen) atoms. The van der Waals surface area contributed by atoms with Crippen LogP contribution in [-0.2, 0) is 9.47 Å². The van der Waals surface area contributed by atoms with Crippen molar-refractivity contribution in [1.82, 2.24) is 0 Å². The Kier molecular flexibility index (Phi) is 4.32. The van der Waals surface area contributed by atoms with Crippen LogP contribution in [0.1, 0.15) is 20.3 Å². The lowest BCUT2D eigenvalue weighted by molar-refractivity contribution is -0.190. The van der Waals surface area contributed by atoms with Gasteiger partial charge in [0.2, 0.25) is 0 Å². The highest BCUT2D eigenvalue weighted by Crippen LogP contribution is 2.14. The van der Waals surface area contributed by atoms with Crippen molar-refractivity contribution in [3.05, 3.63) is 12.2 Å². The molecule has 0 spiro atoms. The average molecular weight is 144 g/mol. The van der Waals surface area contributed by atoms with E-state index in [0.717, 1.165) is 6.42 Å². The molecule has 0 aliphatic rings. The van der Waals surface area contributed by atoms with E-state index in [9.17, 15) is 0 Å². The number of methoxy groups -OCH3 is 2. The van der Waals surface area contributed by atoms with Gasteiger partial charge in [0, 0.05) is 20.6 Å². The predicted molar refractivity (Wildman–Crippen MR) is 41.9 cm³/mol. The monoisotopic (exact) mass is 144 g/mol. The van der Waals surface area contributed by atoms with Gasteiger partial charge in [-0.25, -0.2) is 0 Å². The summed E-state index contributed by atoms with van der Waals surface area (Å²) in [5.41, 5.74) is 0. The topological polar surface area (TPSA) is 18.5 Å². The van der Waals surface area contributed by atoms with Crippen molar-refractivity contribution in [2.24, 2.45) is 0 Å². The Bertz CT molecular complexity index is 104. The van der Waals surface area contributed by atoms with E-state index in [1.165, 1.54) is 0 Å². The van der Waals surface area contributed by atoms with E-state index in [1.54, 1.807) is 14.2 Å². The van der Waals surface area contributed by atoms with Gasteiger partial charge in [0.1, 0.15) is 0 Å². The molecule has 0 heterocycles. The van der Waals surface area contributed by atoms with Gasteiger partial charge in [-0.1, -0.05) is 12.2 Å². The molecule has 0 N–H and O–H groups in total. The Hall–Kier alpha value is -0.340. The lowest BCUT2D eigenvalue weighted by Crippen LogP contribution is -2.28. The maximum absolute atomic E-state index is 5.12. The van der Waals surface area contributed by atoms with Gasteiger partial charge >= 0.3 is 0 Å². The molecule has 0 atom stereocenters. The zero-order chi connectivity index (χ0) is 8.04. The predicted octanol–water partition coefficient (Wildman–Crippen LogP) is 1.96. The van der Waals surface area contributed by atoms with Crippen LogP contribution >= 0.6 is 0 Å². The van der Waals surface area contributed by atoms with Crippen molar-refractivity contribution in [1.29, 1.82) is 0 Å². The number of rotatable bonds is 4. The number of hydrogen-bond donors (Lipinski definition) is 0. The number of ether oxygens (including phenoxy) is 2. The molecule has 0 aromatic rings. The molecule has 0 fully saturated rings. The third-order valence-electron chi connectivity index (χ3n) is 1.59. The molecular formula is C8H16O2. The Morgan fingerprint density at radius 1 is 1.30 bits per heavy atom. The highest BCUT2D eigenvalue weighted by Gasteiger charge is 2.19. The second-order valence-electron chi connectivity index (χ2n) is 2.32. The molecular weight excluding hydrogens is 128 g/mol. The average Bonchev–Trinajstić information content (AvgIpc) is 2.00. The first-order valence-corrected chi connectivity index (χ1v) is 3.40. The summed E-state index contributed by atoms with van der Waals surface area (Å²) in [6, 6.07) is 0. The molecule has 0 rings (SSSR count). The summed E-state index contributed by atoms with van der Waals surface area (Å²) < 4.78 is 10.2. The second-order valence-corrected chi connectivity index (χ2v) is 2.32. The molecule has 0 bridgehead atoms. The van der Waals surface area contributed by atoms with E-state index < -0.39 is 5.79 Å². The number of allylic oxidation sites excluding steroid dienone is 1. The molecule has 0 radical (unpaired) electrons. The largest absolute Gasteiger partial charge is 0.353 e. The molecule has 0 aliphatic carbocycles. The minimum absolute atomic E-state index is 0.452. The Morgan fingerprint density at radius 2 is 1.80 bits per heavy atom. The van der Waals surface area contributed by atoms with Gasteiger partial charge in [0.15, 0.2) is 5.79 Å². The summed E-state index contributed by atoms with van der Waals surface area (Å²) >= 11 is 0. The van der Waals surface area contributed by atoms with E-state index in [0.29, 0.717) is 0 Å². The lowest BCUT2D eigenvalue weighted by atomic mass is 10.2. The minimum atomic E-state index is -0.452. The zero-order valence-corrected chi connectivity index (χ0v) is 7.18. The van der Waals surface area contributed by atoms with E-state index in [1.807, 2.05) is 26.0 Å². The third-order valence-corrected chi connectivity index (χ3v) is 1.59. The standard InChI is InChI=1S/C8H16O2/c1-5-6-7-8(2,9-3)10-4/h5-6H,7H2,1-4H3/b6-5+. The summed E-state index contributed by atoms with van der Waals surface area (Å²) in [6.07, 6.45) is 4.79. The molecule has 2 nitrogen and oxygen atoms in total. The Labute approximate surface area is 62.8 Å². The minimum Gasteiger partial charge on any atom is -0.353 e. The van der Waals surface area contributed by atoms with Gasteiger partial charge in [0.25, 0.3) is 0 Å². The van der Waals surface area contributed by atoms with Crippen LogP contribution in [-0.4, -0.2) is 20.0 Å². The van der Waals surface area contributed by atoms with Crippen LogP contribution in [0, 0.1) is 0 Å². The van der Waals surface area contributed by atoms with Crippen molar-refractivity contribution in [2.75, 3.05) is 14.2 Å². The smallest absolute Gasteiger partial charge is 0.168 e. The normalized spacial score (nSPS) is 12.8. The van der Waals surface area contributed by atoms with Crippen LogP contribution in [0.4, 0.5) is 0 Å². The van der Waals surface area contributed by atoms with Crippen molar-refractivity contribution in [3.8, 4) is 0 Å². The van der Waals surface area contributed by atoms with E-state index in [-0.39, 0.29) is 0 Å². The van der Waals surface area contributed by atoms with Crippen molar-refractivity contribution < 1.29 is 9.47 Å². The van der Waals surface area contributed by atoms with Gasteiger partial charge in [-0.3, -0.25) is 0 Å². The van der Waals surface area contributed by atoms with Crippen molar-refractivity contribution >= 4 is 0 Å². The van der Waals surface area contributed by atoms with Crippen LogP contribution in [0.15, 0.2) is 12.2 Å². The lowest BCUT2D eigenvalue weighted by Gasteiger charge is -2.24. The highest BCUT2D eigenvalue weighted by atomic mass is 16.7. The summed E-state index contributed by atoms with van der Waals surface area (Å²) in [5.74, 6) is -0.452. The van der Waals surface area contributed by atoms with Crippen LogP contribution in [0.2, 0.25) is 0 Å². The van der Waals surface area contributed by atoms with Crippen LogP contribution in [0.25, 0.3) is 0 Å². The SMILES string of the molecule is C/C=C/CC(C)(OC)OC. The number of hydrogen-bond acceptors (Lipinski definition) is 2. The zero-order valence-electron chi connectivity index (χ0n) is 7.18. The van der Waals surface area contributed by atoms with Gasteiger partial charge in [-0.15, -0.1) is 0 Å². The Balaban J connectivity index is 3.80. The maximum atomic E-state index is 5.12. The van der Waals surface area contributed by atoms with E-state index >= 15 is 0 Å². The first kappa shape index (κ1) is 9.66. The molecule has 0 aromatic heterocycles. The maximum Gasteiger partial charge on any atom is 0.168 e. The van der Waals surface area contributed by atoms with Gasteiger partial charge in [-0.2, -0.15) is 0 Å². The second kappa shape index (κ2) is 4.47.